The van der Waals surface area contributed by atoms with Gasteiger partial charge in [-0.1, -0.05) is 12.2 Å². The summed E-state index contributed by atoms with van der Waals surface area (Å²) >= 11 is 0. The smallest absolute Gasteiger partial charge is 0.154 e. The van der Waals surface area contributed by atoms with E-state index >= 15 is 0 Å². The summed E-state index contributed by atoms with van der Waals surface area (Å²) in [6.07, 6.45) is 6.34. The average molecular weight is 257 g/mol. The third-order valence-electron chi connectivity index (χ3n) is 4.38. The normalized spacial score (nSPS) is 46.8. The molecular weight excluding hydrogens is 238 g/mol. The lowest BCUT2D eigenvalue weighted by atomic mass is 9.93. The summed E-state index contributed by atoms with van der Waals surface area (Å²) in [5.74, 6) is 2.04. The zero-order chi connectivity index (χ0) is 12.0. The van der Waals surface area contributed by atoms with Crippen LogP contribution < -0.4 is 5.32 Å². The average Bonchev–Trinajstić information content (AvgIpc) is 2.89. The van der Waals surface area contributed by atoms with Crippen LogP contribution in [0.15, 0.2) is 12.2 Å². The first-order chi connectivity index (χ1) is 8.03. The molecule has 1 saturated carbocycles. The van der Waals surface area contributed by atoms with Crippen LogP contribution >= 0.6 is 0 Å². The van der Waals surface area contributed by atoms with Crippen molar-refractivity contribution in [3.8, 4) is 0 Å². The molecule has 0 aromatic carbocycles. The maximum Gasteiger partial charge on any atom is 0.154 e. The first-order valence-corrected chi connectivity index (χ1v) is 8.16. The molecule has 2 fully saturated rings. The Morgan fingerprint density at radius 2 is 2.06 bits per heavy atom. The summed E-state index contributed by atoms with van der Waals surface area (Å²) in [5.41, 5.74) is 0. The molecular formula is C12H19NO3S. The highest BCUT2D eigenvalue weighted by Gasteiger charge is 2.39. The summed E-state index contributed by atoms with van der Waals surface area (Å²) < 4.78 is 22.7. The predicted octanol–water partition coefficient (Wildman–Crippen LogP) is -0.0539. The van der Waals surface area contributed by atoms with E-state index in [1.54, 1.807) is 0 Å². The SMILES string of the molecule is O=S1(=O)C[C@H](NC[C@H]2C[C@H]3C=C[C@H]2C3)[C@@H](O)C1. The van der Waals surface area contributed by atoms with Crippen molar-refractivity contribution in [2.24, 2.45) is 17.8 Å². The lowest BCUT2D eigenvalue weighted by molar-refractivity contribution is 0.162. The molecule has 2 bridgehead atoms. The minimum atomic E-state index is -3.03. The van der Waals surface area contributed by atoms with Gasteiger partial charge in [0.05, 0.1) is 17.6 Å². The van der Waals surface area contributed by atoms with Gasteiger partial charge >= 0.3 is 0 Å². The zero-order valence-electron chi connectivity index (χ0n) is 9.75. The second-order valence-corrected chi connectivity index (χ2v) is 7.85. The molecule has 96 valence electrons. The van der Waals surface area contributed by atoms with Gasteiger partial charge in [0.2, 0.25) is 0 Å². The van der Waals surface area contributed by atoms with Crippen LogP contribution in [0.2, 0.25) is 0 Å². The number of nitrogens with one attached hydrogen (secondary N) is 1. The number of fused-ring (bicyclic) bond motifs is 2. The number of aliphatic hydroxyl groups is 1. The molecule has 2 N–H and O–H groups in total. The quantitative estimate of drug-likeness (QED) is 0.696. The van der Waals surface area contributed by atoms with Gasteiger partial charge in [-0.2, -0.15) is 0 Å². The number of allylic oxidation sites excluding steroid dienone is 2. The molecule has 2 aliphatic carbocycles. The Labute approximate surface area is 102 Å². The van der Waals surface area contributed by atoms with E-state index in [9.17, 15) is 13.5 Å². The van der Waals surface area contributed by atoms with E-state index in [-0.39, 0.29) is 17.5 Å². The standard InChI is InChI=1S/C12H19NO3S/c14-12-7-17(15,16)6-11(12)13-5-10-4-8-1-2-9(10)3-8/h1-2,8-14H,3-7H2/t8-,9-,10+,11-,12-/m0/s1. The molecule has 1 aliphatic heterocycles. The Bertz CT molecular complexity index is 431. The van der Waals surface area contributed by atoms with Gasteiger partial charge < -0.3 is 10.4 Å². The van der Waals surface area contributed by atoms with E-state index in [4.69, 9.17) is 0 Å². The number of sulfone groups is 1. The first kappa shape index (κ1) is 11.7. The van der Waals surface area contributed by atoms with Crippen LogP contribution in [0.5, 0.6) is 0 Å². The van der Waals surface area contributed by atoms with E-state index in [0.717, 1.165) is 12.5 Å². The largest absolute Gasteiger partial charge is 0.390 e. The van der Waals surface area contributed by atoms with Gasteiger partial charge in [0.25, 0.3) is 0 Å². The Kier molecular flexibility index (Phi) is 2.80. The highest BCUT2D eigenvalue weighted by molar-refractivity contribution is 7.91. The van der Waals surface area contributed by atoms with Crippen LogP contribution in [0, 0.1) is 17.8 Å². The molecule has 0 amide bonds. The van der Waals surface area contributed by atoms with Crippen molar-refractivity contribution in [2.75, 3.05) is 18.1 Å². The van der Waals surface area contributed by atoms with Crippen molar-refractivity contribution < 1.29 is 13.5 Å². The fourth-order valence-corrected chi connectivity index (χ4v) is 5.23. The topological polar surface area (TPSA) is 66.4 Å². The van der Waals surface area contributed by atoms with E-state index in [1.807, 2.05) is 0 Å². The number of hydrogen-bond acceptors (Lipinski definition) is 4. The van der Waals surface area contributed by atoms with Gasteiger partial charge in [0.1, 0.15) is 0 Å². The van der Waals surface area contributed by atoms with Crippen LogP contribution in [-0.2, 0) is 9.84 Å². The van der Waals surface area contributed by atoms with Crippen molar-refractivity contribution >= 4 is 9.84 Å². The van der Waals surface area contributed by atoms with Crippen LogP contribution in [0.4, 0.5) is 0 Å². The van der Waals surface area contributed by atoms with Crippen LogP contribution in [0.1, 0.15) is 12.8 Å². The van der Waals surface area contributed by atoms with Gasteiger partial charge in [-0.15, -0.1) is 0 Å². The number of aliphatic hydroxyl groups excluding tert-OH is 1. The molecule has 1 heterocycles. The van der Waals surface area contributed by atoms with Crippen molar-refractivity contribution in [2.45, 2.75) is 25.0 Å². The van der Waals surface area contributed by atoms with E-state index in [0.29, 0.717) is 11.8 Å². The fourth-order valence-electron chi connectivity index (χ4n) is 3.46. The van der Waals surface area contributed by atoms with Crippen LogP contribution in [0.25, 0.3) is 0 Å². The summed E-state index contributed by atoms with van der Waals surface area (Å²) in [6, 6.07) is -0.261. The van der Waals surface area contributed by atoms with E-state index < -0.39 is 15.9 Å². The van der Waals surface area contributed by atoms with Gasteiger partial charge in [0, 0.05) is 6.04 Å². The number of rotatable bonds is 3. The molecule has 5 heteroatoms. The monoisotopic (exact) mass is 257 g/mol. The molecule has 0 aromatic heterocycles. The molecule has 3 rings (SSSR count). The maximum atomic E-state index is 11.4. The lowest BCUT2D eigenvalue weighted by Crippen LogP contribution is -2.41. The van der Waals surface area contributed by atoms with Gasteiger partial charge in [0.15, 0.2) is 9.84 Å². The molecule has 0 aromatic rings. The van der Waals surface area contributed by atoms with E-state index in [1.165, 1.54) is 12.8 Å². The minimum Gasteiger partial charge on any atom is -0.390 e. The van der Waals surface area contributed by atoms with Gasteiger partial charge in [-0.3, -0.25) is 0 Å². The second-order valence-electron chi connectivity index (χ2n) is 5.70. The highest BCUT2D eigenvalue weighted by Crippen LogP contribution is 2.43. The summed E-state index contributed by atoms with van der Waals surface area (Å²) in [6.45, 7) is 0.836. The van der Waals surface area contributed by atoms with Crippen molar-refractivity contribution in [1.29, 1.82) is 0 Å². The van der Waals surface area contributed by atoms with Crippen molar-refractivity contribution in [3.63, 3.8) is 0 Å². The zero-order valence-corrected chi connectivity index (χ0v) is 10.6. The highest BCUT2D eigenvalue weighted by atomic mass is 32.2. The summed E-state index contributed by atoms with van der Waals surface area (Å²) in [4.78, 5) is 0. The minimum absolute atomic E-state index is 0.0821. The molecule has 1 saturated heterocycles. The molecule has 5 atom stereocenters. The molecule has 17 heavy (non-hydrogen) atoms. The Morgan fingerprint density at radius 1 is 1.24 bits per heavy atom. The molecule has 0 unspecified atom stereocenters. The Balaban J connectivity index is 1.54. The van der Waals surface area contributed by atoms with Gasteiger partial charge in [-0.25, -0.2) is 8.42 Å². The number of hydrogen-bond donors (Lipinski definition) is 2. The van der Waals surface area contributed by atoms with Crippen LogP contribution in [0.3, 0.4) is 0 Å². The predicted molar refractivity (Wildman–Crippen MR) is 65.3 cm³/mol. The maximum absolute atomic E-state index is 11.4. The molecule has 0 radical (unpaired) electrons. The Hall–Kier alpha value is -0.390. The first-order valence-electron chi connectivity index (χ1n) is 6.34. The molecule has 4 nitrogen and oxygen atoms in total. The van der Waals surface area contributed by atoms with Crippen molar-refractivity contribution in [1.82, 2.24) is 5.32 Å². The third kappa shape index (κ3) is 2.28. The van der Waals surface area contributed by atoms with Gasteiger partial charge in [-0.05, 0) is 37.1 Å². The Morgan fingerprint density at radius 3 is 2.59 bits per heavy atom. The molecule has 0 spiro atoms. The van der Waals surface area contributed by atoms with E-state index in [2.05, 4.69) is 17.5 Å². The van der Waals surface area contributed by atoms with Crippen molar-refractivity contribution in [3.05, 3.63) is 12.2 Å². The lowest BCUT2D eigenvalue weighted by Gasteiger charge is -2.22. The van der Waals surface area contributed by atoms with Crippen LogP contribution in [-0.4, -0.2) is 43.7 Å². The third-order valence-corrected chi connectivity index (χ3v) is 6.10. The summed E-state index contributed by atoms with van der Waals surface area (Å²) in [7, 11) is -3.03. The fraction of sp³-hybridized carbons (Fsp3) is 0.833. The second kappa shape index (κ2) is 4.07. The molecule has 3 aliphatic rings. The summed E-state index contributed by atoms with van der Waals surface area (Å²) in [5, 5.41) is 12.9.